The summed E-state index contributed by atoms with van der Waals surface area (Å²) in [6.07, 6.45) is 4.06. The molecule has 0 bridgehead atoms. The van der Waals surface area contributed by atoms with Crippen molar-refractivity contribution in [1.29, 1.82) is 0 Å². The van der Waals surface area contributed by atoms with Crippen molar-refractivity contribution in [2.75, 3.05) is 32.7 Å². The molecule has 2 N–H and O–H groups in total. The van der Waals surface area contributed by atoms with Crippen molar-refractivity contribution in [2.24, 2.45) is 0 Å². The van der Waals surface area contributed by atoms with E-state index in [9.17, 15) is 4.79 Å². The molecule has 0 spiro atoms. The lowest BCUT2D eigenvalue weighted by atomic mass is 10.2. The number of hydrogen-bond donors (Lipinski definition) is 2. The van der Waals surface area contributed by atoms with Crippen LogP contribution in [0.5, 0.6) is 0 Å². The number of rotatable bonds is 5. The predicted molar refractivity (Wildman–Crippen MR) is 80.1 cm³/mol. The van der Waals surface area contributed by atoms with Crippen molar-refractivity contribution >= 4 is 17.0 Å². The maximum atomic E-state index is 10.6. The maximum absolute atomic E-state index is 10.6. The second-order valence-electron chi connectivity index (χ2n) is 5.48. The molecule has 6 nitrogen and oxygen atoms in total. The first-order valence-electron chi connectivity index (χ1n) is 7.30. The SMILES string of the molecule is O=C(O)CCN1CCN(Cc2c[nH]c3ncccc23)CC1. The zero-order valence-electron chi connectivity index (χ0n) is 12.0. The molecule has 1 saturated heterocycles. The molecule has 3 heterocycles. The Balaban J connectivity index is 1.54. The molecule has 6 heteroatoms. The molecule has 1 aliphatic heterocycles. The Morgan fingerprint density at radius 3 is 2.81 bits per heavy atom. The van der Waals surface area contributed by atoms with Crippen molar-refractivity contribution in [3.63, 3.8) is 0 Å². The van der Waals surface area contributed by atoms with E-state index in [1.807, 2.05) is 12.3 Å². The van der Waals surface area contributed by atoms with Crippen LogP contribution in [-0.2, 0) is 11.3 Å². The third-order valence-electron chi connectivity index (χ3n) is 4.04. The van der Waals surface area contributed by atoms with Gasteiger partial charge in [0.25, 0.3) is 0 Å². The van der Waals surface area contributed by atoms with Gasteiger partial charge in [0.05, 0.1) is 6.42 Å². The number of piperazine rings is 1. The predicted octanol–water partition coefficient (Wildman–Crippen LogP) is 1.16. The lowest BCUT2D eigenvalue weighted by molar-refractivity contribution is -0.137. The fourth-order valence-electron chi connectivity index (χ4n) is 2.81. The van der Waals surface area contributed by atoms with Crippen LogP contribution in [0, 0.1) is 0 Å². The number of aromatic nitrogens is 2. The van der Waals surface area contributed by atoms with Gasteiger partial charge in [-0.15, -0.1) is 0 Å². The summed E-state index contributed by atoms with van der Waals surface area (Å²) in [6, 6.07) is 4.06. The highest BCUT2D eigenvalue weighted by atomic mass is 16.4. The van der Waals surface area contributed by atoms with E-state index in [0.717, 1.165) is 38.4 Å². The zero-order valence-corrected chi connectivity index (χ0v) is 12.0. The topological polar surface area (TPSA) is 72.5 Å². The molecule has 1 fully saturated rings. The van der Waals surface area contributed by atoms with Gasteiger partial charge in [-0.3, -0.25) is 9.69 Å². The molecule has 1 aliphatic rings. The van der Waals surface area contributed by atoms with Crippen molar-refractivity contribution in [2.45, 2.75) is 13.0 Å². The van der Waals surface area contributed by atoms with Crippen LogP contribution in [-0.4, -0.2) is 63.6 Å². The number of carbonyl (C=O) groups is 1. The standard InChI is InChI=1S/C15H20N4O2/c20-14(21)3-5-18-6-8-19(9-7-18)11-12-10-17-15-13(12)2-1-4-16-15/h1-2,4,10H,3,5-9,11H2,(H,16,17)(H,20,21). The number of carboxylic acids is 1. The van der Waals surface area contributed by atoms with Gasteiger partial charge in [-0.05, 0) is 17.7 Å². The Bertz CT molecular complexity index is 617. The summed E-state index contributed by atoms with van der Waals surface area (Å²) in [5, 5.41) is 9.91. The van der Waals surface area contributed by atoms with Crippen LogP contribution in [0.2, 0.25) is 0 Å². The number of H-pyrrole nitrogens is 1. The van der Waals surface area contributed by atoms with Crippen molar-refractivity contribution < 1.29 is 9.90 Å². The summed E-state index contributed by atoms with van der Waals surface area (Å²) in [7, 11) is 0. The Morgan fingerprint density at radius 1 is 1.29 bits per heavy atom. The molecule has 0 saturated carbocycles. The van der Waals surface area contributed by atoms with Gasteiger partial charge in [0.1, 0.15) is 5.65 Å². The molecule has 3 rings (SSSR count). The normalized spacial score (nSPS) is 17.3. The first-order chi connectivity index (χ1) is 10.2. The van der Waals surface area contributed by atoms with E-state index in [1.165, 1.54) is 10.9 Å². The number of fused-ring (bicyclic) bond motifs is 1. The van der Waals surface area contributed by atoms with Gasteiger partial charge >= 0.3 is 5.97 Å². The molecule has 2 aromatic heterocycles. The monoisotopic (exact) mass is 288 g/mol. The van der Waals surface area contributed by atoms with Crippen LogP contribution in [0.3, 0.4) is 0 Å². The second-order valence-corrected chi connectivity index (χ2v) is 5.48. The van der Waals surface area contributed by atoms with E-state index in [4.69, 9.17) is 5.11 Å². The Labute approximate surface area is 123 Å². The van der Waals surface area contributed by atoms with Crippen LogP contribution in [0.25, 0.3) is 11.0 Å². The number of nitrogens with zero attached hydrogens (tertiary/aromatic N) is 3. The lowest BCUT2D eigenvalue weighted by Gasteiger charge is -2.34. The average molecular weight is 288 g/mol. The van der Waals surface area contributed by atoms with Crippen LogP contribution < -0.4 is 0 Å². The van der Waals surface area contributed by atoms with E-state index < -0.39 is 5.97 Å². The van der Waals surface area contributed by atoms with Crippen molar-refractivity contribution in [3.05, 3.63) is 30.1 Å². The first kappa shape index (κ1) is 14.0. The molecule has 0 aliphatic carbocycles. The van der Waals surface area contributed by atoms with E-state index >= 15 is 0 Å². The smallest absolute Gasteiger partial charge is 0.304 e. The summed E-state index contributed by atoms with van der Waals surface area (Å²) >= 11 is 0. The van der Waals surface area contributed by atoms with Gasteiger partial charge in [-0.2, -0.15) is 0 Å². The zero-order chi connectivity index (χ0) is 14.7. The fourth-order valence-corrected chi connectivity index (χ4v) is 2.81. The van der Waals surface area contributed by atoms with Crippen molar-refractivity contribution in [1.82, 2.24) is 19.8 Å². The van der Waals surface area contributed by atoms with E-state index in [-0.39, 0.29) is 6.42 Å². The minimum atomic E-state index is -0.719. The first-order valence-corrected chi connectivity index (χ1v) is 7.30. The quantitative estimate of drug-likeness (QED) is 0.863. The number of carboxylic acid groups (broad SMARTS) is 1. The second kappa shape index (κ2) is 6.24. The van der Waals surface area contributed by atoms with Crippen LogP contribution in [0.15, 0.2) is 24.5 Å². The molecule has 112 valence electrons. The van der Waals surface area contributed by atoms with E-state index in [0.29, 0.717) is 6.54 Å². The molecule has 2 aromatic rings. The van der Waals surface area contributed by atoms with Gasteiger partial charge in [-0.25, -0.2) is 4.98 Å². The number of nitrogens with one attached hydrogen (secondary N) is 1. The van der Waals surface area contributed by atoms with E-state index in [2.05, 4.69) is 25.8 Å². The Kier molecular flexibility index (Phi) is 4.17. The molecule has 21 heavy (non-hydrogen) atoms. The third kappa shape index (κ3) is 3.40. The molecule has 0 atom stereocenters. The number of pyridine rings is 1. The summed E-state index contributed by atoms with van der Waals surface area (Å²) in [5.41, 5.74) is 2.21. The minimum absolute atomic E-state index is 0.230. The summed E-state index contributed by atoms with van der Waals surface area (Å²) in [5.74, 6) is -0.719. The highest BCUT2D eigenvalue weighted by Crippen LogP contribution is 2.18. The maximum Gasteiger partial charge on any atom is 0.304 e. The molecule has 0 unspecified atom stereocenters. The summed E-state index contributed by atoms with van der Waals surface area (Å²) in [6.45, 7) is 5.40. The number of hydrogen-bond acceptors (Lipinski definition) is 4. The Morgan fingerprint density at radius 2 is 2.05 bits per heavy atom. The van der Waals surface area contributed by atoms with Gasteiger partial charge < -0.3 is 15.0 Å². The molecular formula is C15H20N4O2. The van der Waals surface area contributed by atoms with Crippen LogP contribution in [0.1, 0.15) is 12.0 Å². The van der Waals surface area contributed by atoms with Gasteiger partial charge in [-0.1, -0.05) is 0 Å². The highest BCUT2D eigenvalue weighted by Gasteiger charge is 2.18. The third-order valence-corrected chi connectivity index (χ3v) is 4.04. The molecular weight excluding hydrogens is 268 g/mol. The van der Waals surface area contributed by atoms with Crippen LogP contribution in [0.4, 0.5) is 0 Å². The number of aliphatic carboxylic acids is 1. The van der Waals surface area contributed by atoms with Gasteiger partial charge in [0.2, 0.25) is 0 Å². The summed E-state index contributed by atoms with van der Waals surface area (Å²) in [4.78, 5) is 22.7. The molecule has 0 radical (unpaired) electrons. The minimum Gasteiger partial charge on any atom is -0.481 e. The lowest BCUT2D eigenvalue weighted by Crippen LogP contribution is -2.46. The largest absolute Gasteiger partial charge is 0.481 e. The van der Waals surface area contributed by atoms with E-state index in [1.54, 1.807) is 6.20 Å². The van der Waals surface area contributed by atoms with Gasteiger partial charge in [0, 0.05) is 57.0 Å². The fraction of sp³-hybridized carbons (Fsp3) is 0.467. The van der Waals surface area contributed by atoms with Crippen molar-refractivity contribution in [3.8, 4) is 0 Å². The Hall–Kier alpha value is -1.92. The average Bonchev–Trinajstić information content (AvgIpc) is 2.90. The van der Waals surface area contributed by atoms with Crippen LogP contribution >= 0.6 is 0 Å². The number of aromatic amines is 1. The molecule has 0 aromatic carbocycles. The summed E-state index contributed by atoms with van der Waals surface area (Å²) < 4.78 is 0. The van der Waals surface area contributed by atoms with Gasteiger partial charge in [0.15, 0.2) is 0 Å². The molecule has 0 amide bonds. The highest BCUT2D eigenvalue weighted by molar-refractivity contribution is 5.79.